The van der Waals surface area contributed by atoms with E-state index in [4.69, 9.17) is 0 Å². The van der Waals surface area contributed by atoms with E-state index in [-0.39, 0.29) is 0 Å². The van der Waals surface area contributed by atoms with E-state index < -0.39 is 36.7 Å². The third-order valence-electron chi connectivity index (χ3n) is 2.51. The summed E-state index contributed by atoms with van der Waals surface area (Å²) in [7, 11) is 1.04. The lowest BCUT2D eigenvalue weighted by Gasteiger charge is -2.37. The van der Waals surface area contributed by atoms with E-state index in [1.807, 2.05) is 0 Å². The average Bonchev–Trinajstić information content (AvgIpc) is 2.13. The Bertz CT molecular complexity index is 162. The molecule has 4 atom stereocenters. The summed E-state index contributed by atoms with van der Waals surface area (Å²) in [6, 6.07) is 0. The highest BCUT2D eigenvalue weighted by molar-refractivity contribution is 4.98. The van der Waals surface area contributed by atoms with Gasteiger partial charge in [-0.15, -0.1) is 0 Å². The van der Waals surface area contributed by atoms with Crippen LogP contribution in [0.2, 0.25) is 0 Å². The quantitative estimate of drug-likeness (QED) is 0.588. The largest absolute Gasteiger partial charge is 0.375 e. The van der Waals surface area contributed by atoms with Crippen LogP contribution >= 0.6 is 0 Å². The zero-order valence-corrected chi connectivity index (χ0v) is 7.38. The Morgan fingerprint density at radius 2 is 1.23 bits per heavy atom. The second-order valence-corrected chi connectivity index (χ2v) is 3.34. The number of halogens is 4. The Morgan fingerprint density at radius 3 is 1.54 bits per heavy atom. The van der Waals surface area contributed by atoms with Crippen LogP contribution in [0.25, 0.3) is 0 Å². The van der Waals surface area contributed by atoms with E-state index in [1.165, 1.54) is 0 Å². The molecule has 0 aromatic heterocycles. The van der Waals surface area contributed by atoms with Gasteiger partial charge in [0.15, 0.2) is 12.3 Å². The molecule has 0 aliphatic heterocycles. The van der Waals surface area contributed by atoms with Crippen molar-refractivity contribution >= 4 is 0 Å². The molecule has 0 heterocycles. The van der Waals surface area contributed by atoms with Gasteiger partial charge in [0.05, 0.1) is 0 Å². The molecule has 1 nitrogen and oxygen atoms in total. The van der Waals surface area contributed by atoms with Crippen molar-refractivity contribution in [3.63, 3.8) is 0 Å². The minimum Gasteiger partial charge on any atom is -0.375 e. The van der Waals surface area contributed by atoms with Gasteiger partial charge in [-0.2, -0.15) is 0 Å². The molecule has 0 aromatic carbocycles. The summed E-state index contributed by atoms with van der Waals surface area (Å²) in [6.45, 7) is 1.15. The van der Waals surface area contributed by atoms with Crippen molar-refractivity contribution in [2.45, 2.75) is 37.7 Å². The zero-order chi connectivity index (χ0) is 10.2. The predicted octanol–water partition coefficient (Wildman–Crippen LogP) is 2.00. The molecule has 0 saturated heterocycles. The van der Waals surface area contributed by atoms with Crippen molar-refractivity contribution in [3.05, 3.63) is 0 Å². The smallest absolute Gasteiger partial charge is 0.160 e. The standard InChI is InChI=1S/C8H12F4O/c1-3-4(9)6(11)8(13-2)7(12)5(3)10/h3-8H,1-2H3. The van der Waals surface area contributed by atoms with Crippen LogP contribution < -0.4 is 0 Å². The van der Waals surface area contributed by atoms with Gasteiger partial charge in [-0.1, -0.05) is 6.92 Å². The summed E-state index contributed by atoms with van der Waals surface area (Å²) in [5.74, 6) is -1.25. The number of rotatable bonds is 1. The molecular weight excluding hydrogens is 188 g/mol. The van der Waals surface area contributed by atoms with Crippen molar-refractivity contribution < 1.29 is 22.3 Å². The molecule has 1 saturated carbocycles. The van der Waals surface area contributed by atoms with Crippen molar-refractivity contribution in [2.75, 3.05) is 7.11 Å². The third-order valence-corrected chi connectivity index (χ3v) is 2.51. The monoisotopic (exact) mass is 200 g/mol. The van der Waals surface area contributed by atoms with Crippen LogP contribution in [0.3, 0.4) is 0 Å². The first-order chi connectivity index (χ1) is 6.00. The molecule has 0 amide bonds. The van der Waals surface area contributed by atoms with Crippen LogP contribution in [0.5, 0.6) is 0 Å². The van der Waals surface area contributed by atoms with Gasteiger partial charge in [-0.25, -0.2) is 17.6 Å². The summed E-state index contributed by atoms with van der Waals surface area (Å²) in [4.78, 5) is 0. The lowest BCUT2D eigenvalue weighted by atomic mass is 9.83. The van der Waals surface area contributed by atoms with Crippen molar-refractivity contribution in [1.29, 1.82) is 0 Å². The molecule has 13 heavy (non-hydrogen) atoms. The first-order valence-corrected chi connectivity index (χ1v) is 4.09. The van der Waals surface area contributed by atoms with Crippen molar-refractivity contribution in [2.24, 2.45) is 5.92 Å². The van der Waals surface area contributed by atoms with Crippen LogP contribution in [-0.4, -0.2) is 37.9 Å². The number of hydrogen-bond acceptors (Lipinski definition) is 1. The SMILES string of the molecule is COC1C(F)C(F)C(C)C(F)C1F. The van der Waals surface area contributed by atoms with Crippen molar-refractivity contribution in [3.8, 4) is 0 Å². The van der Waals surface area contributed by atoms with Gasteiger partial charge in [-0.05, 0) is 0 Å². The number of hydrogen-bond donors (Lipinski definition) is 0. The fraction of sp³-hybridized carbons (Fsp3) is 1.00. The summed E-state index contributed by atoms with van der Waals surface area (Å²) < 4.78 is 56.3. The molecule has 0 N–H and O–H groups in total. The van der Waals surface area contributed by atoms with Gasteiger partial charge in [0.2, 0.25) is 0 Å². The molecule has 0 aromatic rings. The molecule has 1 aliphatic carbocycles. The van der Waals surface area contributed by atoms with E-state index >= 15 is 0 Å². The lowest BCUT2D eigenvalue weighted by Crippen LogP contribution is -2.54. The third kappa shape index (κ3) is 1.66. The lowest BCUT2D eigenvalue weighted by molar-refractivity contribution is -0.128. The van der Waals surface area contributed by atoms with E-state index in [2.05, 4.69) is 4.74 Å². The molecule has 1 rings (SSSR count). The molecule has 5 heteroatoms. The average molecular weight is 200 g/mol. The Morgan fingerprint density at radius 1 is 0.846 bits per heavy atom. The van der Waals surface area contributed by atoms with E-state index in [0.29, 0.717) is 0 Å². The molecular formula is C8H12F4O. The topological polar surface area (TPSA) is 9.23 Å². The van der Waals surface area contributed by atoms with Gasteiger partial charge in [0, 0.05) is 13.0 Å². The highest BCUT2D eigenvalue weighted by atomic mass is 19.2. The summed E-state index contributed by atoms with van der Waals surface area (Å²) in [5.41, 5.74) is 0. The van der Waals surface area contributed by atoms with Gasteiger partial charge < -0.3 is 4.74 Å². The Kier molecular flexibility index (Phi) is 3.16. The molecule has 0 spiro atoms. The number of alkyl halides is 4. The molecule has 0 bridgehead atoms. The van der Waals surface area contributed by atoms with Crippen molar-refractivity contribution in [1.82, 2.24) is 0 Å². The minimum atomic E-state index is -2.08. The first-order valence-electron chi connectivity index (χ1n) is 4.09. The Balaban J connectivity index is 2.79. The second kappa shape index (κ2) is 3.82. The van der Waals surface area contributed by atoms with Crippen LogP contribution in [0.15, 0.2) is 0 Å². The summed E-state index contributed by atoms with van der Waals surface area (Å²) in [6.07, 6.45) is -9.77. The van der Waals surface area contributed by atoms with Crippen LogP contribution in [-0.2, 0) is 4.74 Å². The Labute approximate surface area is 74.1 Å². The van der Waals surface area contributed by atoms with E-state index in [0.717, 1.165) is 14.0 Å². The maximum absolute atomic E-state index is 13.0. The normalized spacial score (nSPS) is 52.2. The van der Waals surface area contributed by atoms with E-state index in [1.54, 1.807) is 0 Å². The predicted molar refractivity (Wildman–Crippen MR) is 39.5 cm³/mol. The van der Waals surface area contributed by atoms with Gasteiger partial charge in [-0.3, -0.25) is 0 Å². The summed E-state index contributed by atoms with van der Waals surface area (Å²) >= 11 is 0. The number of ether oxygens (including phenoxy) is 1. The highest BCUT2D eigenvalue weighted by Gasteiger charge is 2.51. The second-order valence-electron chi connectivity index (χ2n) is 3.34. The first kappa shape index (κ1) is 10.8. The fourth-order valence-electron chi connectivity index (χ4n) is 1.55. The fourth-order valence-corrected chi connectivity index (χ4v) is 1.55. The molecule has 78 valence electrons. The maximum Gasteiger partial charge on any atom is 0.160 e. The number of methoxy groups -OCH3 is 1. The Hall–Kier alpha value is -0.320. The summed E-state index contributed by atoms with van der Waals surface area (Å²) in [5, 5.41) is 0. The highest BCUT2D eigenvalue weighted by Crippen LogP contribution is 2.35. The zero-order valence-electron chi connectivity index (χ0n) is 7.38. The molecule has 1 fully saturated rings. The van der Waals surface area contributed by atoms with Crippen LogP contribution in [0.1, 0.15) is 6.92 Å². The van der Waals surface area contributed by atoms with Gasteiger partial charge in [0.1, 0.15) is 18.4 Å². The maximum atomic E-state index is 13.0. The molecule has 4 unspecified atom stereocenters. The van der Waals surface area contributed by atoms with Gasteiger partial charge in [0.25, 0.3) is 0 Å². The minimum absolute atomic E-state index is 1.04. The molecule has 1 aliphatic rings. The van der Waals surface area contributed by atoms with Gasteiger partial charge >= 0.3 is 0 Å². The van der Waals surface area contributed by atoms with Crippen LogP contribution in [0, 0.1) is 5.92 Å². The van der Waals surface area contributed by atoms with E-state index in [9.17, 15) is 17.6 Å². The van der Waals surface area contributed by atoms with Crippen LogP contribution in [0.4, 0.5) is 17.6 Å². The molecule has 0 radical (unpaired) electrons.